The maximum atomic E-state index is 3.93. The van der Waals surface area contributed by atoms with Crippen LogP contribution >= 0.6 is 0 Å². The van der Waals surface area contributed by atoms with Crippen LogP contribution in [-0.2, 0) is 0 Å². The highest BCUT2D eigenvalue weighted by atomic mass is 15.5. The SMILES string of the molecule is C=CN1CCN2CCN(C=C)C1N(C=C)CC2. The lowest BCUT2D eigenvalue weighted by atomic mass is 10.2. The van der Waals surface area contributed by atoms with Crippen molar-refractivity contribution in [3.8, 4) is 0 Å². The number of hydrogen-bond donors (Lipinski definition) is 0. The summed E-state index contributed by atoms with van der Waals surface area (Å²) in [6, 6.07) is 0. The van der Waals surface area contributed by atoms with E-state index in [1.54, 1.807) is 0 Å². The molecule has 3 fully saturated rings. The summed E-state index contributed by atoms with van der Waals surface area (Å²) in [6.45, 7) is 18.1. The van der Waals surface area contributed by atoms with E-state index < -0.39 is 0 Å². The predicted octanol–water partition coefficient (Wildman–Crippen LogP) is 0.936. The van der Waals surface area contributed by atoms with Gasteiger partial charge in [-0.1, -0.05) is 19.7 Å². The Hall–Kier alpha value is -1.42. The molecule has 3 heterocycles. The van der Waals surface area contributed by atoms with E-state index in [4.69, 9.17) is 0 Å². The molecule has 3 aliphatic rings. The molecule has 0 saturated carbocycles. The van der Waals surface area contributed by atoms with Gasteiger partial charge in [-0.25, -0.2) is 0 Å². The largest absolute Gasteiger partial charge is 0.340 e. The van der Waals surface area contributed by atoms with Gasteiger partial charge in [0.25, 0.3) is 0 Å². The van der Waals surface area contributed by atoms with E-state index in [2.05, 4.69) is 39.3 Å². The molecule has 94 valence electrons. The molecule has 0 unspecified atom stereocenters. The summed E-state index contributed by atoms with van der Waals surface area (Å²) in [5.74, 6) is 0. The Morgan fingerprint density at radius 2 is 1.00 bits per heavy atom. The zero-order valence-electron chi connectivity index (χ0n) is 10.5. The Morgan fingerprint density at radius 1 is 0.647 bits per heavy atom. The third-order valence-corrected chi connectivity index (χ3v) is 3.62. The molecule has 17 heavy (non-hydrogen) atoms. The quantitative estimate of drug-likeness (QED) is 0.720. The van der Waals surface area contributed by atoms with Crippen LogP contribution in [-0.4, -0.2) is 65.2 Å². The maximum Gasteiger partial charge on any atom is 0.180 e. The molecule has 0 N–H and O–H groups in total. The minimum atomic E-state index is 0.185. The van der Waals surface area contributed by atoms with Gasteiger partial charge in [-0.15, -0.1) is 0 Å². The van der Waals surface area contributed by atoms with Gasteiger partial charge in [0, 0.05) is 39.3 Å². The average Bonchev–Trinajstić information content (AvgIpc) is 2.29. The van der Waals surface area contributed by atoms with Gasteiger partial charge in [0.15, 0.2) is 6.29 Å². The number of hydrogen-bond acceptors (Lipinski definition) is 4. The Morgan fingerprint density at radius 3 is 1.29 bits per heavy atom. The van der Waals surface area contributed by atoms with Crippen molar-refractivity contribution in [1.82, 2.24) is 19.6 Å². The zero-order valence-corrected chi connectivity index (χ0v) is 10.5. The molecule has 0 radical (unpaired) electrons. The van der Waals surface area contributed by atoms with Gasteiger partial charge < -0.3 is 14.7 Å². The minimum Gasteiger partial charge on any atom is -0.340 e. The number of fused-ring (bicyclic) bond motifs is 6. The van der Waals surface area contributed by atoms with Crippen LogP contribution in [0.3, 0.4) is 0 Å². The molecule has 0 atom stereocenters. The molecule has 0 aromatic carbocycles. The molecule has 4 heteroatoms. The van der Waals surface area contributed by atoms with E-state index in [1.807, 2.05) is 18.6 Å². The Balaban J connectivity index is 2.31. The zero-order chi connectivity index (χ0) is 12.3. The van der Waals surface area contributed by atoms with E-state index in [-0.39, 0.29) is 6.29 Å². The van der Waals surface area contributed by atoms with Crippen molar-refractivity contribution in [3.63, 3.8) is 0 Å². The first-order valence-corrected chi connectivity index (χ1v) is 6.17. The Kier molecular flexibility index (Phi) is 3.74. The van der Waals surface area contributed by atoms with Crippen molar-refractivity contribution in [2.75, 3.05) is 39.3 Å². The van der Waals surface area contributed by atoms with Crippen molar-refractivity contribution in [3.05, 3.63) is 38.3 Å². The molecular weight excluding hydrogens is 212 g/mol. The first kappa shape index (κ1) is 12.0. The summed E-state index contributed by atoms with van der Waals surface area (Å²) in [4.78, 5) is 9.26. The van der Waals surface area contributed by atoms with Gasteiger partial charge in [0.1, 0.15) is 0 Å². The number of nitrogens with zero attached hydrogens (tertiary/aromatic N) is 4. The van der Waals surface area contributed by atoms with Crippen LogP contribution < -0.4 is 0 Å². The summed E-state index contributed by atoms with van der Waals surface area (Å²) >= 11 is 0. The lowest BCUT2D eigenvalue weighted by molar-refractivity contribution is -0.0424. The molecule has 0 spiro atoms. The van der Waals surface area contributed by atoms with Crippen LogP contribution in [0.25, 0.3) is 0 Å². The average molecular weight is 234 g/mol. The second kappa shape index (κ2) is 5.27. The first-order valence-electron chi connectivity index (χ1n) is 6.17. The molecule has 0 aliphatic carbocycles. The molecule has 3 rings (SSSR count). The summed E-state index contributed by atoms with van der Waals surface area (Å²) in [6.07, 6.45) is 5.95. The van der Waals surface area contributed by atoms with E-state index in [1.165, 1.54) is 0 Å². The van der Waals surface area contributed by atoms with Crippen molar-refractivity contribution >= 4 is 0 Å². The van der Waals surface area contributed by atoms with Gasteiger partial charge in [-0.3, -0.25) is 4.90 Å². The normalized spacial score (nSPS) is 29.3. The summed E-state index contributed by atoms with van der Waals surface area (Å²) in [5.41, 5.74) is 0. The Labute approximate surface area is 104 Å². The van der Waals surface area contributed by atoms with Gasteiger partial charge in [0.05, 0.1) is 0 Å². The van der Waals surface area contributed by atoms with Crippen LogP contribution in [0.15, 0.2) is 38.3 Å². The highest BCUT2D eigenvalue weighted by Crippen LogP contribution is 2.18. The lowest BCUT2D eigenvalue weighted by Gasteiger charge is -2.50. The summed E-state index contributed by atoms with van der Waals surface area (Å²) in [7, 11) is 0. The second-order valence-corrected chi connectivity index (χ2v) is 4.45. The van der Waals surface area contributed by atoms with Crippen LogP contribution in [0.4, 0.5) is 0 Å². The van der Waals surface area contributed by atoms with E-state index in [9.17, 15) is 0 Å². The molecule has 4 nitrogen and oxygen atoms in total. The summed E-state index contributed by atoms with van der Waals surface area (Å²) < 4.78 is 0. The lowest BCUT2D eigenvalue weighted by Crippen LogP contribution is -2.61. The topological polar surface area (TPSA) is 13.0 Å². The highest BCUT2D eigenvalue weighted by Gasteiger charge is 2.30. The molecular formula is C13H22N4. The van der Waals surface area contributed by atoms with E-state index >= 15 is 0 Å². The van der Waals surface area contributed by atoms with Gasteiger partial charge in [0.2, 0.25) is 0 Å². The fraction of sp³-hybridized carbons (Fsp3) is 0.538. The van der Waals surface area contributed by atoms with Crippen molar-refractivity contribution in [2.24, 2.45) is 0 Å². The van der Waals surface area contributed by atoms with Crippen LogP contribution in [0.1, 0.15) is 0 Å². The maximum absolute atomic E-state index is 3.93. The Bertz CT molecular complexity index is 254. The van der Waals surface area contributed by atoms with E-state index in [0.717, 1.165) is 39.3 Å². The fourth-order valence-electron chi connectivity index (χ4n) is 2.58. The second-order valence-electron chi connectivity index (χ2n) is 4.45. The standard InChI is InChI=1S/C13H22N4/c1-4-15-10-7-14-8-11-16(5-2)13(15)17(6-3)12-9-14/h4-6,13H,1-3,7-12H2. The highest BCUT2D eigenvalue weighted by molar-refractivity contribution is 4.93. The van der Waals surface area contributed by atoms with Crippen LogP contribution in [0, 0.1) is 0 Å². The van der Waals surface area contributed by atoms with Crippen molar-refractivity contribution in [1.29, 1.82) is 0 Å². The van der Waals surface area contributed by atoms with Gasteiger partial charge >= 0.3 is 0 Å². The summed E-state index contributed by atoms with van der Waals surface area (Å²) in [5, 5.41) is 0. The van der Waals surface area contributed by atoms with Crippen LogP contribution in [0.5, 0.6) is 0 Å². The first-order chi connectivity index (χ1) is 8.30. The van der Waals surface area contributed by atoms with Gasteiger partial charge in [-0.2, -0.15) is 0 Å². The smallest absolute Gasteiger partial charge is 0.180 e. The molecule has 0 aromatic heterocycles. The van der Waals surface area contributed by atoms with Crippen molar-refractivity contribution < 1.29 is 0 Å². The molecule has 3 aliphatic heterocycles. The fourth-order valence-corrected chi connectivity index (χ4v) is 2.58. The minimum absolute atomic E-state index is 0.185. The molecule has 0 amide bonds. The number of rotatable bonds is 3. The molecule has 0 aromatic rings. The van der Waals surface area contributed by atoms with Gasteiger partial charge in [-0.05, 0) is 18.6 Å². The van der Waals surface area contributed by atoms with Crippen molar-refractivity contribution in [2.45, 2.75) is 6.29 Å². The molecule has 2 bridgehead atoms. The molecule has 3 saturated heterocycles. The third kappa shape index (κ3) is 2.31. The predicted molar refractivity (Wildman–Crippen MR) is 70.9 cm³/mol. The monoisotopic (exact) mass is 234 g/mol. The van der Waals surface area contributed by atoms with Crippen LogP contribution in [0.2, 0.25) is 0 Å². The third-order valence-electron chi connectivity index (χ3n) is 3.62. The van der Waals surface area contributed by atoms with E-state index in [0.29, 0.717) is 0 Å².